The maximum atomic E-state index is 12.9. The summed E-state index contributed by atoms with van der Waals surface area (Å²) in [6.45, 7) is 0. The van der Waals surface area contributed by atoms with Gasteiger partial charge in [-0.3, -0.25) is 9.78 Å². The lowest BCUT2D eigenvalue weighted by Gasteiger charge is -2.12. The molecule has 1 aromatic carbocycles. The molecule has 6 nitrogen and oxygen atoms in total. The first-order chi connectivity index (χ1) is 12.7. The molecular formula is C19H15N3O3S. The number of esters is 1. The lowest BCUT2D eigenvalue weighted by atomic mass is 10.1. The van der Waals surface area contributed by atoms with Crippen LogP contribution in [0.25, 0.3) is 10.9 Å². The predicted octanol–water partition coefficient (Wildman–Crippen LogP) is 3.41. The van der Waals surface area contributed by atoms with E-state index in [1.165, 1.54) is 18.9 Å². The van der Waals surface area contributed by atoms with Crippen LogP contribution < -0.4 is 5.32 Å². The summed E-state index contributed by atoms with van der Waals surface area (Å²) in [6, 6.07) is 8.94. The van der Waals surface area contributed by atoms with E-state index in [4.69, 9.17) is 4.74 Å². The van der Waals surface area contributed by atoms with Crippen LogP contribution >= 0.6 is 11.8 Å². The van der Waals surface area contributed by atoms with E-state index in [-0.39, 0.29) is 11.2 Å². The monoisotopic (exact) mass is 365 g/mol. The van der Waals surface area contributed by atoms with Crippen molar-refractivity contribution in [2.75, 3.05) is 7.11 Å². The quantitative estimate of drug-likeness (QED) is 0.544. The number of aromatic nitrogens is 2. The number of nitrogens with zero attached hydrogens (tertiary/aromatic N) is 1. The fourth-order valence-electron chi connectivity index (χ4n) is 2.86. The highest BCUT2D eigenvalue weighted by Gasteiger charge is 2.25. The fourth-order valence-corrected chi connectivity index (χ4v) is 3.80. The number of fused-ring (bicyclic) bond motifs is 1. The molecule has 2 aromatic heterocycles. The lowest BCUT2D eigenvalue weighted by molar-refractivity contribution is 0.0601. The second-order valence-corrected chi connectivity index (χ2v) is 6.74. The van der Waals surface area contributed by atoms with Crippen molar-refractivity contribution in [2.45, 2.75) is 5.37 Å². The average molecular weight is 365 g/mol. The van der Waals surface area contributed by atoms with Gasteiger partial charge in [0.15, 0.2) is 0 Å². The van der Waals surface area contributed by atoms with E-state index in [0.717, 1.165) is 10.9 Å². The van der Waals surface area contributed by atoms with Crippen LogP contribution in [0.5, 0.6) is 0 Å². The minimum atomic E-state index is -0.412. The molecule has 0 saturated carbocycles. The summed E-state index contributed by atoms with van der Waals surface area (Å²) in [6.07, 6.45) is 5.17. The summed E-state index contributed by atoms with van der Waals surface area (Å²) in [5.41, 5.74) is 3.26. The number of allylic oxidation sites excluding steroid dienone is 1. The van der Waals surface area contributed by atoms with E-state index in [1.807, 2.05) is 17.5 Å². The van der Waals surface area contributed by atoms with Gasteiger partial charge in [0.25, 0.3) is 0 Å². The number of benzene rings is 1. The SMILES string of the molecule is COC(=O)c1ccc2c(C(=O)C3=CSC(c4cccnc4)N3)c[nH]c2c1. The highest BCUT2D eigenvalue weighted by molar-refractivity contribution is 8.02. The number of aromatic amines is 1. The first-order valence-corrected chi connectivity index (χ1v) is 8.88. The standard InChI is InChI=1S/C19H15N3O3S/c1-25-19(24)11-4-5-13-14(9-21-15(13)7-11)17(23)16-10-26-18(22-16)12-3-2-6-20-8-12/h2-10,18,21-22H,1H3. The number of pyridine rings is 1. The molecule has 2 N–H and O–H groups in total. The van der Waals surface area contributed by atoms with Crippen LogP contribution in [0.4, 0.5) is 0 Å². The third-order valence-electron chi connectivity index (χ3n) is 4.19. The number of carbonyl (C=O) groups is 2. The molecule has 0 aliphatic carbocycles. The van der Waals surface area contributed by atoms with Gasteiger partial charge < -0.3 is 15.0 Å². The number of Topliss-reactive ketones (excluding diaryl/α,β-unsaturated/α-hetero) is 1. The molecule has 0 spiro atoms. The van der Waals surface area contributed by atoms with E-state index >= 15 is 0 Å². The first-order valence-electron chi connectivity index (χ1n) is 7.93. The van der Waals surface area contributed by atoms with Crippen molar-refractivity contribution in [3.05, 3.63) is 76.7 Å². The molecule has 1 atom stereocenters. The largest absolute Gasteiger partial charge is 0.465 e. The van der Waals surface area contributed by atoms with Crippen LogP contribution in [0.15, 0.2) is 60.0 Å². The summed E-state index contributed by atoms with van der Waals surface area (Å²) < 4.78 is 4.73. The van der Waals surface area contributed by atoms with Gasteiger partial charge in [0.2, 0.25) is 5.78 Å². The normalized spacial score (nSPS) is 16.2. The van der Waals surface area contributed by atoms with Crippen LogP contribution in [0.2, 0.25) is 0 Å². The molecule has 1 aliphatic rings. The molecule has 130 valence electrons. The Morgan fingerprint density at radius 1 is 1.27 bits per heavy atom. The second kappa shape index (κ2) is 6.68. The van der Waals surface area contributed by atoms with Gasteiger partial charge in [-0.05, 0) is 18.2 Å². The predicted molar refractivity (Wildman–Crippen MR) is 99.8 cm³/mol. The highest BCUT2D eigenvalue weighted by Crippen LogP contribution is 2.35. The maximum absolute atomic E-state index is 12.9. The average Bonchev–Trinajstić information content (AvgIpc) is 3.34. The van der Waals surface area contributed by atoms with Gasteiger partial charge >= 0.3 is 5.97 Å². The first kappa shape index (κ1) is 16.4. The van der Waals surface area contributed by atoms with Crippen LogP contribution in [-0.2, 0) is 4.74 Å². The number of methoxy groups -OCH3 is 1. The zero-order valence-corrected chi connectivity index (χ0v) is 14.7. The molecule has 4 rings (SSSR count). The van der Waals surface area contributed by atoms with E-state index in [9.17, 15) is 9.59 Å². The molecule has 1 unspecified atom stereocenters. The summed E-state index contributed by atoms with van der Waals surface area (Å²) >= 11 is 1.54. The van der Waals surface area contributed by atoms with Crippen molar-refractivity contribution in [1.29, 1.82) is 0 Å². The minimum Gasteiger partial charge on any atom is -0.465 e. The molecule has 3 heterocycles. The zero-order valence-electron chi connectivity index (χ0n) is 13.9. The van der Waals surface area contributed by atoms with E-state index in [2.05, 4.69) is 15.3 Å². The van der Waals surface area contributed by atoms with Gasteiger partial charge in [-0.25, -0.2) is 4.79 Å². The smallest absolute Gasteiger partial charge is 0.337 e. The Morgan fingerprint density at radius 3 is 2.92 bits per heavy atom. The van der Waals surface area contributed by atoms with Crippen molar-refractivity contribution in [2.24, 2.45) is 0 Å². The highest BCUT2D eigenvalue weighted by atomic mass is 32.2. The number of hydrogen-bond acceptors (Lipinski definition) is 6. The van der Waals surface area contributed by atoms with Crippen molar-refractivity contribution in [3.8, 4) is 0 Å². The Hall–Kier alpha value is -3.06. The maximum Gasteiger partial charge on any atom is 0.337 e. The number of rotatable bonds is 4. The van der Waals surface area contributed by atoms with E-state index < -0.39 is 5.97 Å². The third-order valence-corrected chi connectivity index (χ3v) is 5.22. The number of hydrogen-bond donors (Lipinski definition) is 2. The second-order valence-electron chi connectivity index (χ2n) is 5.76. The van der Waals surface area contributed by atoms with Crippen LogP contribution in [0, 0.1) is 0 Å². The molecular weight excluding hydrogens is 350 g/mol. The third kappa shape index (κ3) is 2.86. The molecule has 0 saturated heterocycles. The molecule has 7 heteroatoms. The van der Waals surface area contributed by atoms with Crippen LogP contribution in [0.3, 0.4) is 0 Å². The number of ether oxygens (including phenoxy) is 1. The Balaban J connectivity index is 1.58. The number of carbonyl (C=O) groups excluding carboxylic acids is 2. The number of ketones is 1. The molecule has 0 radical (unpaired) electrons. The van der Waals surface area contributed by atoms with Crippen LogP contribution in [-0.4, -0.2) is 28.8 Å². The van der Waals surface area contributed by atoms with Gasteiger partial charge in [-0.2, -0.15) is 0 Å². The van der Waals surface area contributed by atoms with Crippen molar-refractivity contribution < 1.29 is 14.3 Å². The topological polar surface area (TPSA) is 84.1 Å². The van der Waals surface area contributed by atoms with Gasteiger partial charge in [-0.1, -0.05) is 12.1 Å². The molecule has 1 aliphatic heterocycles. The van der Waals surface area contributed by atoms with E-state index in [1.54, 1.807) is 36.8 Å². The van der Waals surface area contributed by atoms with Gasteiger partial charge in [0, 0.05) is 46.0 Å². The lowest BCUT2D eigenvalue weighted by Crippen LogP contribution is -2.19. The molecule has 26 heavy (non-hydrogen) atoms. The summed E-state index contributed by atoms with van der Waals surface area (Å²) in [4.78, 5) is 31.7. The Kier molecular flexibility index (Phi) is 4.22. The van der Waals surface area contributed by atoms with Gasteiger partial charge in [0.05, 0.1) is 18.4 Å². The zero-order chi connectivity index (χ0) is 18.1. The minimum absolute atomic E-state index is 0.0289. The van der Waals surface area contributed by atoms with E-state index in [0.29, 0.717) is 22.3 Å². The fraction of sp³-hybridized carbons (Fsp3) is 0.105. The molecule has 0 bridgehead atoms. The summed E-state index contributed by atoms with van der Waals surface area (Å²) in [7, 11) is 1.34. The Morgan fingerprint density at radius 2 is 2.15 bits per heavy atom. The number of H-pyrrole nitrogens is 1. The summed E-state index contributed by atoms with van der Waals surface area (Å²) in [5.74, 6) is -0.508. The number of thioether (sulfide) groups is 1. The number of nitrogens with one attached hydrogen (secondary N) is 2. The van der Waals surface area contributed by atoms with Crippen molar-refractivity contribution >= 4 is 34.4 Å². The summed E-state index contributed by atoms with van der Waals surface area (Å²) in [5, 5.41) is 5.82. The van der Waals surface area contributed by atoms with Crippen molar-refractivity contribution in [1.82, 2.24) is 15.3 Å². The molecule has 3 aromatic rings. The van der Waals surface area contributed by atoms with Crippen LogP contribution in [0.1, 0.15) is 31.7 Å². The molecule has 0 amide bonds. The van der Waals surface area contributed by atoms with Gasteiger partial charge in [-0.15, -0.1) is 11.8 Å². The van der Waals surface area contributed by atoms with Gasteiger partial charge in [0.1, 0.15) is 5.37 Å². The Bertz CT molecular complexity index is 1030. The molecule has 0 fully saturated rings. The Labute approximate surface area is 153 Å². The van der Waals surface area contributed by atoms with Crippen molar-refractivity contribution in [3.63, 3.8) is 0 Å².